The Morgan fingerprint density at radius 3 is 2.70 bits per heavy atom. The maximum Gasteiger partial charge on any atom is 0.246 e. The normalized spacial score (nSPS) is 19.9. The third kappa shape index (κ3) is 4.88. The van der Waals surface area contributed by atoms with Gasteiger partial charge in [0, 0.05) is 54.1 Å². The molecular formula is C32H34FN5O2. The highest BCUT2D eigenvalue weighted by atomic mass is 19.1. The van der Waals surface area contributed by atoms with Crippen LogP contribution in [0.25, 0.3) is 33.1 Å². The van der Waals surface area contributed by atoms with E-state index in [-0.39, 0.29) is 17.8 Å². The second-order valence-electron chi connectivity index (χ2n) is 10.8. The van der Waals surface area contributed by atoms with E-state index in [1.54, 1.807) is 6.07 Å². The van der Waals surface area contributed by atoms with Crippen LogP contribution in [0.2, 0.25) is 0 Å². The molecule has 0 spiro atoms. The highest BCUT2D eigenvalue weighted by Crippen LogP contribution is 2.35. The number of nitrogens with zero attached hydrogens (tertiary/aromatic N) is 5. The van der Waals surface area contributed by atoms with Crippen molar-refractivity contribution in [2.45, 2.75) is 31.8 Å². The lowest BCUT2D eigenvalue weighted by Gasteiger charge is -2.41. The molecule has 0 N–H and O–H groups in total. The molecule has 1 amide bonds. The minimum absolute atomic E-state index is 0.0515. The lowest BCUT2D eigenvalue weighted by molar-refractivity contribution is -0.126. The summed E-state index contributed by atoms with van der Waals surface area (Å²) in [6.45, 7) is 9.25. The van der Waals surface area contributed by atoms with E-state index in [0.717, 1.165) is 35.0 Å². The van der Waals surface area contributed by atoms with Gasteiger partial charge in [0.2, 0.25) is 11.8 Å². The van der Waals surface area contributed by atoms with Crippen LogP contribution < -0.4 is 9.64 Å². The third-order valence-electron chi connectivity index (χ3n) is 8.28. The molecule has 6 rings (SSSR count). The van der Waals surface area contributed by atoms with Crippen LogP contribution in [-0.4, -0.2) is 77.6 Å². The highest BCUT2D eigenvalue weighted by Gasteiger charge is 2.28. The van der Waals surface area contributed by atoms with E-state index in [2.05, 4.69) is 30.4 Å². The van der Waals surface area contributed by atoms with Crippen molar-refractivity contribution in [3.63, 3.8) is 0 Å². The molecule has 0 aliphatic carbocycles. The number of piperazine rings is 1. The average Bonchev–Trinajstić information content (AvgIpc) is 3.39. The van der Waals surface area contributed by atoms with Crippen molar-refractivity contribution >= 4 is 33.4 Å². The second-order valence-corrected chi connectivity index (χ2v) is 10.8. The zero-order valence-corrected chi connectivity index (χ0v) is 23.0. The molecule has 0 unspecified atom stereocenters. The third-order valence-corrected chi connectivity index (χ3v) is 8.28. The summed E-state index contributed by atoms with van der Waals surface area (Å²) in [7, 11) is 2.13. The minimum atomic E-state index is -0.276. The van der Waals surface area contributed by atoms with Gasteiger partial charge in [-0.3, -0.25) is 4.79 Å². The predicted molar refractivity (Wildman–Crippen MR) is 157 cm³/mol. The number of aromatic nitrogens is 2. The van der Waals surface area contributed by atoms with E-state index in [9.17, 15) is 9.18 Å². The van der Waals surface area contributed by atoms with Crippen LogP contribution in [0.15, 0.2) is 67.3 Å². The van der Waals surface area contributed by atoms with Gasteiger partial charge in [-0.2, -0.15) is 4.98 Å². The van der Waals surface area contributed by atoms with Gasteiger partial charge in [0.1, 0.15) is 12.4 Å². The van der Waals surface area contributed by atoms with Crippen LogP contribution in [0.3, 0.4) is 0 Å². The number of carbonyl (C=O) groups is 1. The van der Waals surface area contributed by atoms with Crippen molar-refractivity contribution in [1.82, 2.24) is 19.8 Å². The molecule has 2 aliphatic heterocycles. The fourth-order valence-corrected chi connectivity index (χ4v) is 6.05. The zero-order chi connectivity index (χ0) is 27.8. The van der Waals surface area contributed by atoms with Gasteiger partial charge in [-0.25, -0.2) is 9.37 Å². The molecule has 206 valence electrons. The van der Waals surface area contributed by atoms with Crippen LogP contribution in [0.4, 0.5) is 10.1 Å². The first-order valence-corrected chi connectivity index (χ1v) is 13.9. The molecule has 0 bridgehead atoms. The summed E-state index contributed by atoms with van der Waals surface area (Å²) >= 11 is 0. The number of pyridine rings is 2. The summed E-state index contributed by atoms with van der Waals surface area (Å²) in [5.74, 6) is 0.194. The van der Waals surface area contributed by atoms with Crippen molar-refractivity contribution in [1.29, 1.82) is 0 Å². The molecule has 0 radical (unpaired) electrons. The molecule has 7 nitrogen and oxygen atoms in total. The van der Waals surface area contributed by atoms with Gasteiger partial charge in [-0.05, 0) is 63.0 Å². The first-order valence-electron chi connectivity index (χ1n) is 13.9. The Morgan fingerprint density at radius 1 is 1.12 bits per heavy atom. The van der Waals surface area contributed by atoms with Crippen LogP contribution >= 0.6 is 0 Å². The lowest BCUT2D eigenvalue weighted by Crippen LogP contribution is -2.53. The summed E-state index contributed by atoms with van der Waals surface area (Å²) in [5, 5.41) is 2.27. The van der Waals surface area contributed by atoms with Crippen LogP contribution in [0.5, 0.6) is 5.88 Å². The highest BCUT2D eigenvalue weighted by molar-refractivity contribution is 5.98. The number of hydrogen-bond donors (Lipinski definition) is 0. The largest absolute Gasteiger partial charge is 0.476 e. The standard InChI is InChI=1S/C32H34FN5O2/c1-4-30(39)37-16-17-38(21(2)19-37)28-18-29(40-20-23-10-7-15-36(23)3)35-32-25(28)13-14-27(34-32)24-11-5-8-22-9-6-12-26(33)31(22)24/h4-6,8-9,11-14,18,21,23H,1,7,10,15-17,19-20H2,2-3H3/t21-,23+/m1/s1. The maximum atomic E-state index is 14.9. The number of carbonyl (C=O) groups excluding carboxylic acids is 1. The molecule has 4 heterocycles. The van der Waals surface area contributed by atoms with E-state index in [4.69, 9.17) is 14.7 Å². The van der Waals surface area contributed by atoms with Crippen molar-refractivity contribution in [3.8, 4) is 17.1 Å². The molecule has 2 aliphatic rings. The monoisotopic (exact) mass is 539 g/mol. The molecule has 2 fully saturated rings. The number of rotatable bonds is 6. The molecule has 2 atom stereocenters. The Balaban J connectivity index is 1.42. The average molecular weight is 540 g/mol. The quantitative estimate of drug-likeness (QED) is 0.311. The smallest absolute Gasteiger partial charge is 0.246 e. The molecular weight excluding hydrogens is 505 g/mol. The predicted octanol–water partition coefficient (Wildman–Crippen LogP) is 5.29. The number of halogens is 1. The maximum absolute atomic E-state index is 14.9. The van der Waals surface area contributed by atoms with Gasteiger partial charge >= 0.3 is 0 Å². The van der Waals surface area contributed by atoms with E-state index in [1.807, 2.05) is 47.4 Å². The van der Waals surface area contributed by atoms with E-state index in [1.165, 1.54) is 18.6 Å². The summed E-state index contributed by atoms with van der Waals surface area (Å²) in [5.41, 5.74) is 2.91. The Morgan fingerprint density at radius 2 is 1.95 bits per heavy atom. The Hall–Kier alpha value is -4.04. The minimum Gasteiger partial charge on any atom is -0.476 e. The molecule has 4 aromatic rings. The van der Waals surface area contributed by atoms with Crippen molar-refractivity contribution < 1.29 is 13.9 Å². The number of likely N-dealkylation sites (tertiary alicyclic amines) is 1. The van der Waals surface area contributed by atoms with Gasteiger partial charge in [0.05, 0.1) is 11.4 Å². The summed E-state index contributed by atoms with van der Waals surface area (Å²) < 4.78 is 21.2. The Kier molecular flexibility index (Phi) is 7.11. The number of ether oxygens (including phenoxy) is 1. The van der Waals surface area contributed by atoms with Gasteiger partial charge in [-0.1, -0.05) is 36.9 Å². The van der Waals surface area contributed by atoms with Crippen LogP contribution in [-0.2, 0) is 4.79 Å². The second kappa shape index (κ2) is 10.8. The van der Waals surface area contributed by atoms with Gasteiger partial charge < -0.3 is 19.4 Å². The number of anilines is 1. The molecule has 2 aromatic heterocycles. The van der Waals surface area contributed by atoms with Crippen LogP contribution in [0, 0.1) is 5.82 Å². The van der Waals surface area contributed by atoms with Crippen LogP contribution in [0.1, 0.15) is 19.8 Å². The number of likely N-dealkylation sites (N-methyl/N-ethyl adjacent to an activating group) is 1. The fraction of sp³-hybridized carbons (Fsp3) is 0.344. The van der Waals surface area contributed by atoms with E-state index >= 15 is 0 Å². The Bertz CT molecular complexity index is 1590. The number of amides is 1. The first-order chi connectivity index (χ1) is 19.4. The molecule has 0 saturated carbocycles. The number of fused-ring (bicyclic) bond motifs is 2. The summed E-state index contributed by atoms with van der Waals surface area (Å²) in [4.78, 5) is 28.5. The zero-order valence-electron chi connectivity index (χ0n) is 23.0. The Labute approximate surface area is 233 Å². The van der Waals surface area contributed by atoms with Gasteiger partial charge in [-0.15, -0.1) is 0 Å². The van der Waals surface area contributed by atoms with Gasteiger partial charge in [0.25, 0.3) is 0 Å². The van der Waals surface area contributed by atoms with Crippen molar-refractivity contribution in [2.75, 3.05) is 44.7 Å². The van der Waals surface area contributed by atoms with E-state index < -0.39 is 0 Å². The lowest BCUT2D eigenvalue weighted by atomic mass is 10.0. The van der Waals surface area contributed by atoms with Crippen molar-refractivity contribution in [2.24, 2.45) is 0 Å². The van der Waals surface area contributed by atoms with Gasteiger partial charge in [0.15, 0.2) is 5.65 Å². The molecule has 40 heavy (non-hydrogen) atoms. The SMILES string of the molecule is C=CC(=O)N1CCN(c2cc(OC[C@@H]3CCCN3C)nc3nc(-c4cccc5cccc(F)c45)ccc23)[C@H](C)C1. The summed E-state index contributed by atoms with van der Waals surface area (Å²) in [6.07, 6.45) is 3.64. The molecule has 8 heteroatoms. The number of benzene rings is 2. The summed E-state index contributed by atoms with van der Waals surface area (Å²) in [6, 6.07) is 17.2. The fourth-order valence-electron chi connectivity index (χ4n) is 6.05. The van der Waals surface area contributed by atoms with Crippen molar-refractivity contribution in [3.05, 3.63) is 73.1 Å². The molecule has 2 saturated heterocycles. The topological polar surface area (TPSA) is 61.8 Å². The first kappa shape index (κ1) is 26.2. The number of hydrogen-bond acceptors (Lipinski definition) is 6. The van der Waals surface area contributed by atoms with E-state index in [0.29, 0.717) is 54.9 Å². The molecule has 2 aromatic carbocycles.